The molecular formula is C19H15Cl2N3O3S. The van der Waals surface area contributed by atoms with E-state index in [0.717, 1.165) is 5.56 Å². The number of benzene rings is 2. The van der Waals surface area contributed by atoms with Crippen LogP contribution in [0.25, 0.3) is 0 Å². The average molecular weight is 436 g/mol. The molecule has 1 amide bonds. The molecule has 0 aliphatic rings. The lowest BCUT2D eigenvalue weighted by Crippen LogP contribution is -2.23. The van der Waals surface area contributed by atoms with E-state index in [-0.39, 0.29) is 26.5 Å². The minimum atomic E-state index is -3.88. The van der Waals surface area contributed by atoms with Crippen molar-refractivity contribution in [3.63, 3.8) is 0 Å². The lowest BCUT2D eigenvalue weighted by molar-refractivity contribution is 0.0951. The SMILES string of the molecule is O=C(NCc1ccncc1)c1cccc(NS(=O)(=O)c2ccc(Cl)c(Cl)c2)c1. The van der Waals surface area contributed by atoms with Gasteiger partial charge < -0.3 is 5.32 Å². The van der Waals surface area contributed by atoms with E-state index in [4.69, 9.17) is 23.2 Å². The minimum Gasteiger partial charge on any atom is -0.348 e. The molecule has 0 fully saturated rings. The van der Waals surface area contributed by atoms with Crippen LogP contribution in [0, 0.1) is 0 Å². The normalized spacial score (nSPS) is 11.1. The Kier molecular flexibility index (Phi) is 6.18. The summed E-state index contributed by atoms with van der Waals surface area (Å²) in [4.78, 5) is 16.2. The first-order chi connectivity index (χ1) is 13.3. The summed E-state index contributed by atoms with van der Waals surface area (Å²) in [5, 5.41) is 3.17. The third kappa shape index (κ3) is 5.01. The zero-order valence-corrected chi connectivity index (χ0v) is 16.7. The van der Waals surface area contributed by atoms with E-state index >= 15 is 0 Å². The molecule has 0 spiro atoms. The van der Waals surface area contributed by atoms with Crippen LogP contribution < -0.4 is 10.0 Å². The maximum Gasteiger partial charge on any atom is 0.261 e. The maximum atomic E-state index is 12.5. The highest BCUT2D eigenvalue weighted by molar-refractivity contribution is 7.92. The van der Waals surface area contributed by atoms with E-state index in [1.165, 1.54) is 24.3 Å². The fourth-order valence-corrected chi connectivity index (χ4v) is 3.81. The Hall–Kier alpha value is -2.61. The van der Waals surface area contributed by atoms with Crippen molar-refractivity contribution in [2.24, 2.45) is 0 Å². The van der Waals surface area contributed by atoms with Gasteiger partial charge in [-0.3, -0.25) is 14.5 Å². The number of hydrogen-bond acceptors (Lipinski definition) is 4. The van der Waals surface area contributed by atoms with Crippen molar-refractivity contribution in [3.05, 3.63) is 88.2 Å². The summed E-state index contributed by atoms with van der Waals surface area (Å²) in [5.41, 5.74) is 1.48. The van der Waals surface area contributed by atoms with Crippen LogP contribution in [0.2, 0.25) is 10.0 Å². The summed E-state index contributed by atoms with van der Waals surface area (Å²) in [6.07, 6.45) is 3.28. The summed E-state index contributed by atoms with van der Waals surface area (Å²) in [6, 6.07) is 13.8. The van der Waals surface area contributed by atoms with Crippen LogP contribution in [0.15, 0.2) is 71.9 Å². The molecule has 9 heteroatoms. The number of nitrogens with zero attached hydrogens (tertiary/aromatic N) is 1. The smallest absolute Gasteiger partial charge is 0.261 e. The molecule has 0 saturated carbocycles. The molecule has 28 heavy (non-hydrogen) atoms. The van der Waals surface area contributed by atoms with Gasteiger partial charge in [0.15, 0.2) is 0 Å². The number of anilines is 1. The molecule has 3 rings (SSSR count). The monoisotopic (exact) mass is 435 g/mol. The van der Waals surface area contributed by atoms with Gasteiger partial charge in [0.05, 0.1) is 14.9 Å². The molecule has 1 aromatic heterocycles. The van der Waals surface area contributed by atoms with Crippen LogP contribution in [-0.2, 0) is 16.6 Å². The number of rotatable bonds is 6. The Labute approximate surface area is 172 Å². The quantitative estimate of drug-likeness (QED) is 0.609. The first-order valence-corrected chi connectivity index (χ1v) is 10.3. The van der Waals surface area contributed by atoms with Crippen LogP contribution >= 0.6 is 23.2 Å². The van der Waals surface area contributed by atoms with E-state index in [1.807, 2.05) is 0 Å². The van der Waals surface area contributed by atoms with Crippen LogP contribution in [-0.4, -0.2) is 19.3 Å². The van der Waals surface area contributed by atoms with Gasteiger partial charge in [-0.15, -0.1) is 0 Å². The standard InChI is InChI=1S/C19H15Cl2N3O3S/c20-17-5-4-16(11-18(17)21)28(26,27)24-15-3-1-2-14(10-15)19(25)23-12-13-6-8-22-9-7-13/h1-11,24H,12H2,(H,23,25). The third-order valence-corrected chi connectivity index (χ3v) is 5.90. The number of nitrogens with one attached hydrogen (secondary N) is 2. The number of pyridine rings is 1. The summed E-state index contributed by atoms with van der Waals surface area (Å²) < 4.78 is 27.5. The predicted octanol–water partition coefficient (Wildman–Crippen LogP) is 4.12. The van der Waals surface area contributed by atoms with E-state index in [2.05, 4.69) is 15.0 Å². The first kappa shape index (κ1) is 20.1. The van der Waals surface area contributed by atoms with Gasteiger partial charge in [-0.2, -0.15) is 0 Å². The number of halogens is 2. The van der Waals surface area contributed by atoms with Gasteiger partial charge in [0, 0.05) is 30.2 Å². The largest absolute Gasteiger partial charge is 0.348 e. The second kappa shape index (κ2) is 8.60. The predicted molar refractivity (Wildman–Crippen MR) is 109 cm³/mol. The number of hydrogen-bond donors (Lipinski definition) is 2. The third-order valence-electron chi connectivity index (χ3n) is 3.78. The summed E-state index contributed by atoms with van der Waals surface area (Å²) >= 11 is 11.7. The Morgan fingerprint density at radius 1 is 0.964 bits per heavy atom. The Morgan fingerprint density at radius 3 is 2.43 bits per heavy atom. The molecule has 1 heterocycles. The molecule has 0 aliphatic heterocycles. The molecule has 0 aliphatic carbocycles. The topological polar surface area (TPSA) is 88.2 Å². The number of amides is 1. The summed E-state index contributed by atoms with van der Waals surface area (Å²) in [7, 11) is -3.88. The second-order valence-corrected chi connectivity index (χ2v) is 8.30. The van der Waals surface area contributed by atoms with E-state index in [0.29, 0.717) is 12.1 Å². The molecule has 0 unspecified atom stereocenters. The van der Waals surface area contributed by atoms with Crippen LogP contribution in [0.1, 0.15) is 15.9 Å². The minimum absolute atomic E-state index is 0.0329. The van der Waals surface area contributed by atoms with Gasteiger partial charge >= 0.3 is 0 Å². The highest BCUT2D eigenvalue weighted by Crippen LogP contribution is 2.26. The van der Waals surface area contributed by atoms with Crippen molar-refractivity contribution in [1.29, 1.82) is 0 Å². The maximum absolute atomic E-state index is 12.5. The van der Waals surface area contributed by atoms with Gasteiger partial charge in [0.25, 0.3) is 15.9 Å². The molecular weight excluding hydrogens is 421 g/mol. The lowest BCUT2D eigenvalue weighted by atomic mass is 10.2. The zero-order chi connectivity index (χ0) is 20.1. The highest BCUT2D eigenvalue weighted by Gasteiger charge is 2.16. The summed E-state index contributed by atoms with van der Waals surface area (Å²) in [5.74, 6) is -0.326. The van der Waals surface area contributed by atoms with Gasteiger partial charge in [0.1, 0.15) is 0 Å². The van der Waals surface area contributed by atoms with Gasteiger partial charge in [-0.05, 0) is 54.1 Å². The Bertz CT molecular complexity index is 1110. The number of aromatic nitrogens is 1. The van der Waals surface area contributed by atoms with Gasteiger partial charge in [0.2, 0.25) is 0 Å². The lowest BCUT2D eigenvalue weighted by Gasteiger charge is -2.10. The Morgan fingerprint density at radius 2 is 1.71 bits per heavy atom. The second-order valence-electron chi connectivity index (χ2n) is 5.80. The molecule has 0 atom stereocenters. The van der Waals surface area contributed by atoms with Crippen LogP contribution in [0.3, 0.4) is 0 Å². The van der Waals surface area contributed by atoms with Crippen molar-refractivity contribution in [2.75, 3.05) is 4.72 Å². The molecule has 0 bridgehead atoms. The van der Waals surface area contributed by atoms with Gasteiger partial charge in [-0.1, -0.05) is 29.3 Å². The van der Waals surface area contributed by atoms with E-state index in [1.54, 1.807) is 42.7 Å². The number of carbonyl (C=O) groups excluding carboxylic acids is 1. The molecule has 0 saturated heterocycles. The highest BCUT2D eigenvalue weighted by atomic mass is 35.5. The Balaban J connectivity index is 1.73. The number of carbonyl (C=O) groups is 1. The van der Waals surface area contributed by atoms with Crippen molar-refractivity contribution < 1.29 is 13.2 Å². The van der Waals surface area contributed by atoms with Gasteiger partial charge in [-0.25, -0.2) is 8.42 Å². The fraction of sp³-hybridized carbons (Fsp3) is 0.0526. The summed E-state index contributed by atoms with van der Waals surface area (Å²) in [6.45, 7) is 0.334. The van der Waals surface area contributed by atoms with Crippen molar-refractivity contribution in [1.82, 2.24) is 10.3 Å². The molecule has 2 N–H and O–H groups in total. The van der Waals surface area contributed by atoms with Crippen molar-refractivity contribution >= 4 is 44.8 Å². The zero-order valence-electron chi connectivity index (χ0n) is 14.4. The molecule has 2 aromatic carbocycles. The first-order valence-electron chi connectivity index (χ1n) is 8.10. The molecule has 144 valence electrons. The fourth-order valence-electron chi connectivity index (χ4n) is 2.37. The molecule has 0 radical (unpaired) electrons. The van der Waals surface area contributed by atoms with Crippen molar-refractivity contribution in [2.45, 2.75) is 11.4 Å². The van der Waals surface area contributed by atoms with Crippen LogP contribution in [0.5, 0.6) is 0 Å². The van der Waals surface area contributed by atoms with E-state index < -0.39 is 10.0 Å². The van der Waals surface area contributed by atoms with Crippen LogP contribution in [0.4, 0.5) is 5.69 Å². The van der Waals surface area contributed by atoms with E-state index in [9.17, 15) is 13.2 Å². The number of sulfonamides is 1. The molecule has 6 nitrogen and oxygen atoms in total. The average Bonchev–Trinajstić information content (AvgIpc) is 2.69. The van der Waals surface area contributed by atoms with Crippen molar-refractivity contribution in [3.8, 4) is 0 Å². The molecule has 3 aromatic rings.